The predicted molar refractivity (Wildman–Crippen MR) is 55.4 cm³/mol. The SMILES string of the molecule is CC(C)C(C#N)C(=O)NOC1CCCC1. The van der Waals surface area contributed by atoms with Crippen molar-refractivity contribution in [3.05, 3.63) is 0 Å². The highest BCUT2D eigenvalue weighted by Gasteiger charge is 2.23. The topological polar surface area (TPSA) is 62.1 Å². The van der Waals surface area contributed by atoms with Crippen molar-refractivity contribution in [3.8, 4) is 6.07 Å². The molecule has 0 aromatic rings. The first-order valence-corrected chi connectivity index (χ1v) is 5.50. The van der Waals surface area contributed by atoms with Crippen LogP contribution >= 0.6 is 0 Å². The van der Waals surface area contributed by atoms with Crippen LogP contribution in [0.25, 0.3) is 0 Å². The van der Waals surface area contributed by atoms with Gasteiger partial charge in [0, 0.05) is 0 Å². The van der Waals surface area contributed by atoms with Crippen molar-refractivity contribution in [2.75, 3.05) is 0 Å². The minimum atomic E-state index is -0.619. The van der Waals surface area contributed by atoms with Gasteiger partial charge in [0.15, 0.2) is 0 Å². The maximum absolute atomic E-state index is 11.5. The van der Waals surface area contributed by atoms with Gasteiger partial charge in [-0.1, -0.05) is 26.7 Å². The average Bonchev–Trinajstić information content (AvgIpc) is 2.67. The molecule has 0 aromatic heterocycles. The monoisotopic (exact) mass is 210 g/mol. The lowest BCUT2D eigenvalue weighted by Crippen LogP contribution is -2.35. The van der Waals surface area contributed by atoms with Gasteiger partial charge in [0.2, 0.25) is 0 Å². The molecule has 1 amide bonds. The lowest BCUT2D eigenvalue weighted by atomic mass is 9.97. The van der Waals surface area contributed by atoms with Gasteiger partial charge in [-0.05, 0) is 18.8 Å². The maximum Gasteiger partial charge on any atom is 0.261 e. The van der Waals surface area contributed by atoms with Crippen molar-refractivity contribution in [1.29, 1.82) is 5.26 Å². The summed E-state index contributed by atoms with van der Waals surface area (Å²) < 4.78 is 0. The molecule has 0 saturated heterocycles. The van der Waals surface area contributed by atoms with Crippen LogP contribution in [0.4, 0.5) is 0 Å². The van der Waals surface area contributed by atoms with Gasteiger partial charge < -0.3 is 0 Å². The Bertz CT molecular complexity index is 252. The van der Waals surface area contributed by atoms with E-state index in [4.69, 9.17) is 10.1 Å². The Morgan fingerprint density at radius 1 is 1.47 bits per heavy atom. The van der Waals surface area contributed by atoms with Gasteiger partial charge in [0.05, 0.1) is 12.2 Å². The first kappa shape index (κ1) is 12.0. The number of carbonyl (C=O) groups is 1. The molecular weight excluding hydrogens is 192 g/mol. The zero-order valence-corrected chi connectivity index (χ0v) is 9.32. The number of carbonyl (C=O) groups excluding carboxylic acids is 1. The molecule has 4 heteroatoms. The minimum absolute atomic E-state index is 0.0159. The number of hydrogen-bond acceptors (Lipinski definition) is 3. The van der Waals surface area contributed by atoms with Crippen LogP contribution in [0.3, 0.4) is 0 Å². The van der Waals surface area contributed by atoms with E-state index in [0.717, 1.165) is 25.7 Å². The minimum Gasteiger partial charge on any atom is -0.271 e. The second kappa shape index (κ2) is 5.72. The van der Waals surface area contributed by atoms with E-state index in [9.17, 15) is 4.79 Å². The Labute approximate surface area is 90.6 Å². The normalized spacial score (nSPS) is 18.8. The molecule has 1 fully saturated rings. The highest BCUT2D eigenvalue weighted by Crippen LogP contribution is 2.20. The number of hydroxylamine groups is 1. The number of rotatable bonds is 4. The summed E-state index contributed by atoms with van der Waals surface area (Å²) >= 11 is 0. The Balaban J connectivity index is 2.31. The van der Waals surface area contributed by atoms with Crippen molar-refractivity contribution in [2.24, 2.45) is 11.8 Å². The summed E-state index contributed by atoms with van der Waals surface area (Å²) in [5, 5.41) is 8.79. The Morgan fingerprint density at radius 3 is 2.53 bits per heavy atom. The summed E-state index contributed by atoms with van der Waals surface area (Å²) in [6.07, 6.45) is 4.46. The molecule has 1 rings (SSSR count). The molecule has 84 valence electrons. The molecule has 15 heavy (non-hydrogen) atoms. The number of nitrogens with one attached hydrogen (secondary N) is 1. The van der Waals surface area contributed by atoms with Crippen LogP contribution in [0.5, 0.6) is 0 Å². The van der Waals surface area contributed by atoms with Crippen molar-refractivity contribution in [3.63, 3.8) is 0 Å². The van der Waals surface area contributed by atoms with Gasteiger partial charge in [-0.25, -0.2) is 5.48 Å². The lowest BCUT2D eigenvalue weighted by molar-refractivity contribution is -0.141. The molecule has 0 bridgehead atoms. The third-order valence-corrected chi connectivity index (χ3v) is 2.72. The van der Waals surface area contributed by atoms with E-state index in [1.54, 1.807) is 0 Å². The summed E-state index contributed by atoms with van der Waals surface area (Å²) in [7, 11) is 0. The molecule has 0 spiro atoms. The van der Waals surface area contributed by atoms with Gasteiger partial charge in [-0.15, -0.1) is 0 Å². The van der Waals surface area contributed by atoms with Crippen molar-refractivity contribution < 1.29 is 9.63 Å². The molecule has 4 nitrogen and oxygen atoms in total. The van der Waals surface area contributed by atoms with Crippen LogP contribution in [0.15, 0.2) is 0 Å². The van der Waals surface area contributed by atoms with Crippen LogP contribution in [-0.4, -0.2) is 12.0 Å². The molecule has 1 aliphatic rings. The first-order chi connectivity index (χ1) is 7.15. The van der Waals surface area contributed by atoms with Gasteiger partial charge in [0.25, 0.3) is 5.91 Å². The molecule has 1 unspecified atom stereocenters. The van der Waals surface area contributed by atoms with Crippen molar-refractivity contribution in [2.45, 2.75) is 45.6 Å². The van der Waals surface area contributed by atoms with E-state index < -0.39 is 5.92 Å². The highest BCUT2D eigenvalue weighted by molar-refractivity contribution is 5.80. The van der Waals surface area contributed by atoms with E-state index in [0.29, 0.717) is 0 Å². The number of nitriles is 1. The fourth-order valence-corrected chi connectivity index (χ4v) is 1.72. The van der Waals surface area contributed by atoms with E-state index in [1.165, 1.54) is 0 Å². The second-order valence-electron chi connectivity index (χ2n) is 4.34. The number of hydrogen-bond donors (Lipinski definition) is 1. The van der Waals surface area contributed by atoms with Gasteiger partial charge in [0.1, 0.15) is 5.92 Å². The van der Waals surface area contributed by atoms with Crippen molar-refractivity contribution >= 4 is 5.91 Å². The summed E-state index contributed by atoms with van der Waals surface area (Å²) in [5.41, 5.74) is 2.40. The Kier molecular flexibility index (Phi) is 4.57. The third kappa shape index (κ3) is 3.52. The molecule has 0 heterocycles. The highest BCUT2D eigenvalue weighted by atomic mass is 16.7. The van der Waals surface area contributed by atoms with E-state index in [2.05, 4.69) is 5.48 Å². The molecule has 0 aromatic carbocycles. The lowest BCUT2D eigenvalue weighted by Gasteiger charge is -2.15. The summed E-state index contributed by atoms with van der Waals surface area (Å²) in [6.45, 7) is 3.70. The van der Waals surface area contributed by atoms with Crippen LogP contribution in [0, 0.1) is 23.2 Å². The Hall–Kier alpha value is -1.08. The quantitative estimate of drug-likeness (QED) is 0.719. The zero-order chi connectivity index (χ0) is 11.3. The fraction of sp³-hybridized carbons (Fsp3) is 0.818. The van der Waals surface area contributed by atoms with Crippen LogP contribution in [0.2, 0.25) is 0 Å². The van der Waals surface area contributed by atoms with Gasteiger partial charge >= 0.3 is 0 Å². The molecule has 0 radical (unpaired) electrons. The zero-order valence-electron chi connectivity index (χ0n) is 9.32. The smallest absolute Gasteiger partial charge is 0.261 e. The third-order valence-electron chi connectivity index (χ3n) is 2.72. The molecule has 0 aliphatic heterocycles. The summed E-state index contributed by atoms with van der Waals surface area (Å²) in [4.78, 5) is 16.8. The number of amides is 1. The predicted octanol–water partition coefficient (Wildman–Crippen LogP) is 1.77. The average molecular weight is 210 g/mol. The van der Waals surface area contributed by atoms with E-state index in [-0.39, 0.29) is 17.9 Å². The van der Waals surface area contributed by atoms with Crippen LogP contribution < -0.4 is 5.48 Å². The summed E-state index contributed by atoms with van der Waals surface area (Å²) in [5.74, 6) is -0.923. The number of nitrogens with zero attached hydrogens (tertiary/aromatic N) is 1. The van der Waals surface area contributed by atoms with Crippen LogP contribution in [-0.2, 0) is 9.63 Å². The molecular formula is C11H18N2O2. The molecule has 1 aliphatic carbocycles. The molecule has 1 N–H and O–H groups in total. The van der Waals surface area contributed by atoms with E-state index >= 15 is 0 Å². The Morgan fingerprint density at radius 2 is 2.07 bits per heavy atom. The van der Waals surface area contributed by atoms with Crippen LogP contribution in [0.1, 0.15) is 39.5 Å². The summed E-state index contributed by atoms with van der Waals surface area (Å²) in [6, 6.07) is 1.98. The standard InChI is InChI=1S/C11H18N2O2/c1-8(2)10(7-12)11(14)13-15-9-5-3-4-6-9/h8-10H,3-6H2,1-2H3,(H,13,14). The molecule has 1 atom stereocenters. The van der Waals surface area contributed by atoms with Crippen molar-refractivity contribution in [1.82, 2.24) is 5.48 Å². The fourth-order valence-electron chi connectivity index (χ4n) is 1.72. The van der Waals surface area contributed by atoms with Gasteiger partial charge in [-0.3, -0.25) is 9.63 Å². The largest absolute Gasteiger partial charge is 0.271 e. The second-order valence-corrected chi connectivity index (χ2v) is 4.34. The maximum atomic E-state index is 11.5. The first-order valence-electron chi connectivity index (χ1n) is 5.50. The van der Waals surface area contributed by atoms with E-state index in [1.807, 2.05) is 19.9 Å². The molecule has 1 saturated carbocycles. The van der Waals surface area contributed by atoms with Gasteiger partial charge in [-0.2, -0.15) is 5.26 Å².